The van der Waals surface area contributed by atoms with Crippen LogP contribution in [0.15, 0.2) is 48.8 Å². The van der Waals surface area contributed by atoms with Crippen LogP contribution in [0.5, 0.6) is 0 Å². The highest BCUT2D eigenvalue weighted by molar-refractivity contribution is 5.85. The fourth-order valence-corrected chi connectivity index (χ4v) is 3.07. The van der Waals surface area contributed by atoms with Crippen LogP contribution in [0.1, 0.15) is 18.9 Å². The molecule has 0 aliphatic carbocycles. The van der Waals surface area contributed by atoms with Crippen molar-refractivity contribution >= 4 is 18.3 Å². The summed E-state index contributed by atoms with van der Waals surface area (Å²) in [4.78, 5) is 18.2. The molecule has 1 atom stereocenters. The number of amides is 1. The smallest absolute Gasteiger partial charge is 0.262 e. The van der Waals surface area contributed by atoms with Crippen LogP contribution in [0.3, 0.4) is 0 Å². The highest BCUT2D eigenvalue weighted by Gasteiger charge is 2.43. The van der Waals surface area contributed by atoms with Crippen LogP contribution >= 0.6 is 12.4 Å². The first kappa shape index (κ1) is 20.3. The molecule has 4 nitrogen and oxygen atoms in total. The van der Waals surface area contributed by atoms with Crippen LogP contribution in [0.4, 0.5) is 8.78 Å². The van der Waals surface area contributed by atoms with Gasteiger partial charge in [0.2, 0.25) is 5.91 Å². The van der Waals surface area contributed by atoms with Crippen molar-refractivity contribution in [1.29, 1.82) is 0 Å². The number of carbonyl (C=O) groups is 1. The van der Waals surface area contributed by atoms with Crippen molar-refractivity contribution in [2.75, 3.05) is 13.1 Å². The number of likely N-dealkylation sites (N-methyl/N-ethyl adjacent to an activating group) is 1. The van der Waals surface area contributed by atoms with Crippen molar-refractivity contribution in [3.63, 3.8) is 0 Å². The lowest BCUT2D eigenvalue weighted by molar-refractivity contribution is -0.134. The zero-order chi connectivity index (χ0) is 17.9. The summed E-state index contributed by atoms with van der Waals surface area (Å²) in [5.74, 6) is -3.07. The Labute approximate surface area is 158 Å². The highest BCUT2D eigenvalue weighted by Crippen LogP contribution is 2.26. The van der Waals surface area contributed by atoms with Crippen LogP contribution < -0.4 is 5.32 Å². The normalized spacial score (nSPS) is 18.2. The molecule has 1 aromatic carbocycles. The summed E-state index contributed by atoms with van der Waals surface area (Å²) < 4.78 is 26.7. The summed E-state index contributed by atoms with van der Waals surface area (Å²) in [5.41, 5.74) is 3.05. The Kier molecular flexibility index (Phi) is 6.67. The van der Waals surface area contributed by atoms with Crippen molar-refractivity contribution < 1.29 is 13.6 Å². The molecule has 1 aliphatic heterocycles. The lowest BCUT2D eigenvalue weighted by atomic mass is 10.0. The van der Waals surface area contributed by atoms with Gasteiger partial charge in [0.1, 0.15) is 0 Å². The molecule has 0 bridgehead atoms. The van der Waals surface area contributed by atoms with E-state index in [2.05, 4.69) is 10.3 Å². The Balaban J connectivity index is 0.00000243. The second-order valence-corrected chi connectivity index (χ2v) is 6.28. The Hall–Kier alpha value is -2.05. The van der Waals surface area contributed by atoms with Crippen molar-refractivity contribution in [3.05, 3.63) is 54.4 Å². The Morgan fingerprint density at radius 3 is 2.62 bits per heavy atom. The lowest BCUT2D eigenvalue weighted by Crippen LogP contribution is -2.43. The molecule has 1 fully saturated rings. The van der Waals surface area contributed by atoms with Gasteiger partial charge in [0, 0.05) is 31.9 Å². The summed E-state index contributed by atoms with van der Waals surface area (Å²) in [6.07, 6.45) is 3.03. The molecule has 1 aromatic heterocycles. The molecule has 0 saturated carbocycles. The van der Waals surface area contributed by atoms with Gasteiger partial charge in [-0.25, -0.2) is 8.78 Å². The van der Waals surface area contributed by atoms with E-state index in [1.54, 1.807) is 17.3 Å². The first-order valence-electron chi connectivity index (χ1n) is 8.38. The fourth-order valence-electron chi connectivity index (χ4n) is 3.07. The first-order valence-corrected chi connectivity index (χ1v) is 8.38. The Morgan fingerprint density at radius 1 is 1.27 bits per heavy atom. The predicted molar refractivity (Wildman–Crippen MR) is 99.4 cm³/mol. The van der Waals surface area contributed by atoms with E-state index >= 15 is 0 Å². The summed E-state index contributed by atoms with van der Waals surface area (Å²) in [6.45, 7) is 2.30. The third-order valence-electron chi connectivity index (χ3n) is 4.42. The van der Waals surface area contributed by atoms with Gasteiger partial charge in [-0.2, -0.15) is 0 Å². The van der Waals surface area contributed by atoms with E-state index in [1.807, 2.05) is 43.3 Å². The van der Waals surface area contributed by atoms with Gasteiger partial charge in [0.25, 0.3) is 5.92 Å². The van der Waals surface area contributed by atoms with Crippen LogP contribution in [0, 0.1) is 0 Å². The van der Waals surface area contributed by atoms with E-state index in [0.717, 1.165) is 16.7 Å². The zero-order valence-electron chi connectivity index (χ0n) is 14.5. The van der Waals surface area contributed by atoms with Gasteiger partial charge < -0.3 is 4.90 Å². The van der Waals surface area contributed by atoms with Crippen molar-refractivity contribution in [2.24, 2.45) is 0 Å². The molecule has 140 valence electrons. The summed E-state index contributed by atoms with van der Waals surface area (Å²) in [5, 5.41) is 2.64. The van der Waals surface area contributed by atoms with Gasteiger partial charge >= 0.3 is 0 Å². The monoisotopic (exact) mass is 381 g/mol. The minimum absolute atomic E-state index is 0. The largest absolute Gasteiger partial charge is 0.337 e. The number of pyridine rings is 1. The molecule has 26 heavy (non-hydrogen) atoms. The molecule has 0 radical (unpaired) electrons. The molecule has 1 saturated heterocycles. The molecule has 2 aromatic rings. The number of carbonyl (C=O) groups excluding carboxylic acids is 1. The first-order chi connectivity index (χ1) is 12.0. The Morgan fingerprint density at radius 2 is 2.00 bits per heavy atom. The number of alkyl halides is 2. The second-order valence-electron chi connectivity index (χ2n) is 6.28. The lowest BCUT2D eigenvalue weighted by Gasteiger charge is -2.24. The number of nitrogens with one attached hydrogen (secondary N) is 1. The van der Waals surface area contributed by atoms with Gasteiger partial charge in [-0.05, 0) is 41.8 Å². The molecule has 0 spiro atoms. The molecule has 1 N–H and O–H groups in total. The van der Waals surface area contributed by atoms with E-state index in [1.165, 1.54) is 0 Å². The summed E-state index contributed by atoms with van der Waals surface area (Å²) >= 11 is 0. The van der Waals surface area contributed by atoms with E-state index in [9.17, 15) is 13.6 Å². The molecule has 1 amide bonds. The zero-order valence-corrected chi connectivity index (χ0v) is 15.3. The molecule has 1 unspecified atom stereocenters. The summed E-state index contributed by atoms with van der Waals surface area (Å²) in [7, 11) is 0. The minimum atomic E-state index is -2.80. The Bertz CT molecular complexity index is 743. The van der Waals surface area contributed by atoms with Gasteiger partial charge in [0.05, 0.1) is 12.6 Å². The minimum Gasteiger partial charge on any atom is -0.337 e. The van der Waals surface area contributed by atoms with Crippen LogP contribution in [0.25, 0.3) is 11.1 Å². The van der Waals surface area contributed by atoms with E-state index < -0.39 is 24.9 Å². The average molecular weight is 382 g/mol. The fraction of sp³-hybridized carbons (Fsp3) is 0.368. The molecular formula is C19H22ClF2N3O. The third kappa shape index (κ3) is 4.77. The maximum atomic E-state index is 13.4. The quantitative estimate of drug-likeness (QED) is 0.862. The van der Waals surface area contributed by atoms with Crippen LogP contribution in [-0.4, -0.2) is 40.8 Å². The number of aromatic nitrogens is 1. The van der Waals surface area contributed by atoms with Crippen molar-refractivity contribution in [2.45, 2.75) is 31.9 Å². The molecule has 1 aliphatic rings. The van der Waals surface area contributed by atoms with Gasteiger partial charge in [-0.3, -0.25) is 15.1 Å². The van der Waals surface area contributed by atoms with Gasteiger partial charge in [-0.15, -0.1) is 12.4 Å². The van der Waals surface area contributed by atoms with E-state index in [4.69, 9.17) is 0 Å². The third-order valence-corrected chi connectivity index (χ3v) is 4.42. The second kappa shape index (κ2) is 8.56. The number of nitrogens with zero attached hydrogens (tertiary/aromatic N) is 2. The van der Waals surface area contributed by atoms with Crippen LogP contribution in [-0.2, 0) is 11.3 Å². The van der Waals surface area contributed by atoms with Gasteiger partial charge in [0.15, 0.2) is 0 Å². The van der Waals surface area contributed by atoms with Crippen molar-refractivity contribution in [3.8, 4) is 11.1 Å². The summed E-state index contributed by atoms with van der Waals surface area (Å²) in [6, 6.07) is 10.9. The van der Waals surface area contributed by atoms with Crippen molar-refractivity contribution in [1.82, 2.24) is 15.2 Å². The predicted octanol–water partition coefficient (Wildman–Crippen LogP) is 3.52. The SMILES string of the molecule is CCN(Cc1cccc(-c2ccncc2)c1)C(=O)C1CC(F)(F)CN1.Cl. The maximum Gasteiger partial charge on any atom is 0.262 e. The molecule has 7 heteroatoms. The highest BCUT2D eigenvalue weighted by atomic mass is 35.5. The number of benzene rings is 1. The average Bonchev–Trinajstić information content (AvgIpc) is 3.00. The molecular weight excluding hydrogens is 360 g/mol. The topological polar surface area (TPSA) is 45.2 Å². The standard InChI is InChI=1S/C19H21F2N3O.ClH/c1-2-24(18(25)17-11-19(20,21)13-23-17)12-14-4-3-5-16(10-14)15-6-8-22-9-7-15;/h3-10,17,23H,2,11-13H2,1H3;1H. The van der Waals surface area contributed by atoms with E-state index in [0.29, 0.717) is 13.1 Å². The maximum absolute atomic E-state index is 13.4. The van der Waals surface area contributed by atoms with Gasteiger partial charge in [-0.1, -0.05) is 18.2 Å². The van der Waals surface area contributed by atoms with E-state index in [-0.39, 0.29) is 18.3 Å². The molecule has 2 heterocycles. The number of rotatable bonds is 5. The number of halogens is 3. The molecule has 3 rings (SSSR count). The van der Waals surface area contributed by atoms with Crippen LogP contribution in [0.2, 0.25) is 0 Å². The number of hydrogen-bond donors (Lipinski definition) is 1. The number of hydrogen-bond acceptors (Lipinski definition) is 3.